The minimum Gasteiger partial charge on any atom is -0.313 e. The van der Waals surface area contributed by atoms with Gasteiger partial charge < -0.3 is 5.32 Å². The molecule has 2 unspecified atom stereocenters. The van der Waals surface area contributed by atoms with Crippen molar-refractivity contribution in [3.05, 3.63) is 35.4 Å². The lowest BCUT2D eigenvalue weighted by Gasteiger charge is -2.57. The third kappa shape index (κ3) is 1.88. The first kappa shape index (κ1) is 15.8. The molecule has 1 nitrogen and oxygen atoms in total. The molecule has 1 saturated heterocycles. The van der Waals surface area contributed by atoms with Crippen molar-refractivity contribution in [1.82, 2.24) is 5.32 Å². The van der Waals surface area contributed by atoms with E-state index in [1.807, 2.05) is 0 Å². The van der Waals surface area contributed by atoms with Crippen molar-refractivity contribution in [2.45, 2.75) is 45.1 Å². The second-order valence-corrected chi connectivity index (χ2v) is 6.17. The number of nitrogens with one attached hydrogen (secondary N) is 1. The highest BCUT2D eigenvalue weighted by Gasteiger charge is 2.52. The summed E-state index contributed by atoms with van der Waals surface area (Å²) < 4.78 is 0. The first-order valence-electron chi connectivity index (χ1n) is 6.37. The summed E-state index contributed by atoms with van der Waals surface area (Å²) in [5.41, 5.74) is 3.86. The summed E-state index contributed by atoms with van der Waals surface area (Å²) in [4.78, 5) is 0. The molecule has 2 aliphatic rings. The Morgan fingerprint density at radius 2 is 1.78 bits per heavy atom. The van der Waals surface area contributed by atoms with Gasteiger partial charge in [0, 0.05) is 11.5 Å². The second kappa shape index (κ2) is 5.03. The fourth-order valence-electron chi connectivity index (χ4n) is 3.72. The molecule has 2 atom stereocenters. The molecule has 0 amide bonds. The van der Waals surface area contributed by atoms with E-state index in [9.17, 15) is 0 Å². The van der Waals surface area contributed by atoms with Crippen molar-refractivity contribution < 1.29 is 0 Å². The minimum atomic E-state index is 0. The monoisotopic (exact) mass is 287 g/mol. The maximum Gasteiger partial charge on any atom is 0.0167 e. The molecule has 2 bridgehead atoms. The molecule has 1 aromatic carbocycles. The summed E-state index contributed by atoms with van der Waals surface area (Å²) >= 11 is 0. The minimum absolute atomic E-state index is 0. The zero-order valence-corrected chi connectivity index (χ0v) is 13.0. The predicted octanol–water partition coefficient (Wildman–Crippen LogP) is 3.73. The Balaban J connectivity index is 0.000000810. The second-order valence-electron chi connectivity index (χ2n) is 6.17. The Hall–Kier alpha value is -0.240. The van der Waals surface area contributed by atoms with Crippen molar-refractivity contribution in [3.63, 3.8) is 0 Å². The highest BCUT2D eigenvalue weighted by molar-refractivity contribution is 5.85. The van der Waals surface area contributed by atoms with E-state index < -0.39 is 0 Å². The quantitative estimate of drug-likeness (QED) is 0.767. The molecule has 1 fully saturated rings. The molecule has 3 rings (SSSR count). The molecule has 1 N–H and O–H groups in total. The van der Waals surface area contributed by atoms with Crippen molar-refractivity contribution in [1.29, 1.82) is 0 Å². The van der Waals surface area contributed by atoms with E-state index in [4.69, 9.17) is 0 Å². The number of benzene rings is 1. The van der Waals surface area contributed by atoms with Crippen molar-refractivity contribution >= 4 is 24.8 Å². The van der Waals surface area contributed by atoms with Gasteiger partial charge in [-0.25, -0.2) is 0 Å². The molecule has 102 valence electrons. The van der Waals surface area contributed by atoms with Crippen LogP contribution in [0.25, 0.3) is 0 Å². The van der Waals surface area contributed by atoms with Gasteiger partial charge >= 0.3 is 0 Å². The summed E-state index contributed by atoms with van der Waals surface area (Å²) in [6, 6.07) is 9.67. The Labute approximate surface area is 123 Å². The summed E-state index contributed by atoms with van der Waals surface area (Å²) in [5.74, 6) is 0. The molecular formula is C15H23Cl2N. The fourth-order valence-corrected chi connectivity index (χ4v) is 3.72. The van der Waals surface area contributed by atoms with Crippen LogP contribution in [0, 0.1) is 5.41 Å². The third-order valence-corrected chi connectivity index (χ3v) is 5.34. The number of hydrogen-bond donors (Lipinski definition) is 1. The van der Waals surface area contributed by atoms with Gasteiger partial charge in [0.15, 0.2) is 0 Å². The normalized spacial score (nSPS) is 31.6. The average Bonchev–Trinajstić information content (AvgIpc) is 2.23. The highest BCUT2D eigenvalue weighted by atomic mass is 35.5. The van der Waals surface area contributed by atoms with E-state index in [0.717, 1.165) is 0 Å². The van der Waals surface area contributed by atoms with Crippen LogP contribution >= 0.6 is 24.8 Å². The van der Waals surface area contributed by atoms with E-state index in [2.05, 4.69) is 50.4 Å². The van der Waals surface area contributed by atoms with Gasteiger partial charge in [-0.2, -0.15) is 0 Å². The van der Waals surface area contributed by atoms with Gasteiger partial charge in [0.2, 0.25) is 0 Å². The topological polar surface area (TPSA) is 12.0 Å². The van der Waals surface area contributed by atoms with Crippen LogP contribution in [-0.4, -0.2) is 12.6 Å². The van der Waals surface area contributed by atoms with E-state index in [1.54, 1.807) is 11.1 Å². The number of halogens is 2. The Kier molecular flexibility index (Phi) is 4.42. The molecule has 0 spiro atoms. The van der Waals surface area contributed by atoms with Gasteiger partial charge in [-0.15, -0.1) is 24.8 Å². The van der Waals surface area contributed by atoms with E-state index in [0.29, 0.717) is 16.9 Å². The lowest BCUT2D eigenvalue weighted by Crippen LogP contribution is -2.62. The Bertz CT molecular complexity index is 430. The molecule has 0 radical (unpaired) electrons. The molecule has 1 heterocycles. The molecule has 18 heavy (non-hydrogen) atoms. The van der Waals surface area contributed by atoms with E-state index in [-0.39, 0.29) is 24.8 Å². The van der Waals surface area contributed by atoms with E-state index in [1.165, 1.54) is 19.4 Å². The van der Waals surface area contributed by atoms with Crippen LogP contribution < -0.4 is 5.32 Å². The largest absolute Gasteiger partial charge is 0.313 e. The zero-order valence-electron chi connectivity index (χ0n) is 11.3. The SMILES string of the molecule is CC12CCNC(Cc3ccccc31)C2(C)C.Cl.Cl. The fraction of sp³-hybridized carbons (Fsp3) is 0.600. The molecule has 3 heteroatoms. The van der Waals surface area contributed by atoms with Crippen LogP contribution in [0.1, 0.15) is 38.3 Å². The Morgan fingerprint density at radius 1 is 1.11 bits per heavy atom. The zero-order chi connectivity index (χ0) is 11.4. The summed E-state index contributed by atoms with van der Waals surface area (Å²) in [6.45, 7) is 8.48. The molecule has 0 aromatic heterocycles. The summed E-state index contributed by atoms with van der Waals surface area (Å²) in [5, 5.41) is 3.71. The Morgan fingerprint density at radius 3 is 2.50 bits per heavy atom. The number of fused-ring (bicyclic) bond motifs is 4. The molecule has 1 aliphatic heterocycles. The number of rotatable bonds is 0. The molecular weight excluding hydrogens is 265 g/mol. The lowest BCUT2D eigenvalue weighted by molar-refractivity contribution is 0.0559. The van der Waals surface area contributed by atoms with Crippen LogP contribution in [0.15, 0.2) is 24.3 Å². The lowest BCUT2D eigenvalue weighted by atomic mass is 9.51. The standard InChI is InChI=1S/C15H21N.2ClH/c1-14(2)13-10-11-6-4-5-7-12(11)15(14,3)8-9-16-13;;/h4-7,13,16H,8-10H2,1-3H3;2*1H. The van der Waals surface area contributed by atoms with Crippen LogP contribution in [-0.2, 0) is 11.8 Å². The summed E-state index contributed by atoms with van der Waals surface area (Å²) in [7, 11) is 0. The van der Waals surface area contributed by atoms with Gasteiger partial charge in [0.05, 0.1) is 0 Å². The first-order chi connectivity index (χ1) is 7.56. The van der Waals surface area contributed by atoms with Crippen LogP contribution in [0.2, 0.25) is 0 Å². The van der Waals surface area contributed by atoms with E-state index >= 15 is 0 Å². The van der Waals surface area contributed by atoms with Crippen molar-refractivity contribution in [2.75, 3.05) is 6.54 Å². The number of hydrogen-bond acceptors (Lipinski definition) is 1. The van der Waals surface area contributed by atoms with Gasteiger partial charge in [-0.3, -0.25) is 0 Å². The van der Waals surface area contributed by atoms with Crippen LogP contribution in [0.5, 0.6) is 0 Å². The third-order valence-electron chi connectivity index (χ3n) is 5.34. The van der Waals surface area contributed by atoms with Gasteiger partial charge in [0.25, 0.3) is 0 Å². The van der Waals surface area contributed by atoms with Crippen molar-refractivity contribution in [2.24, 2.45) is 5.41 Å². The number of piperidine rings is 1. The van der Waals surface area contributed by atoms with Gasteiger partial charge in [0.1, 0.15) is 0 Å². The molecule has 1 aliphatic carbocycles. The molecule has 1 aromatic rings. The first-order valence-corrected chi connectivity index (χ1v) is 6.37. The predicted molar refractivity (Wildman–Crippen MR) is 82.2 cm³/mol. The van der Waals surface area contributed by atoms with Gasteiger partial charge in [-0.1, -0.05) is 45.0 Å². The van der Waals surface area contributed by atoms with Crippen LogP contribution in [0.4, 0.5) is 0 Å². The highest BCUT2D eigenvalue weighted by Crippen LogP contribution is 2.53. The van der Waals surface area contributed by atoms with Crippen molar-refractivity contribution in [3.8, 4) is 0 Å². The maximum absolute atomic E-state index is 3.71. The maximum atomic E-state index is 3.71. The average molecular weight is 288 g/mol. The smallest absolute Gasteiger partial charge is 0.0167 e. The summed E-state index contributed by atoms with van der Waals surface area (Å²) in [6.07, 6.45) is 2.45. The van der Waals surface area contributed by atoms with Crippen LogP contribution in [0.3, 0.4) is 0 Å². The van der Waals surface area contributed by atoms with Gasteiger partial charge in [-0.05, 0) is 35.9 Å². The molecule has 0 saturated carbocycles.